The fraction of sp³-hybridized carbons (Fsp3) is 0.333. The lowest BCUT2D eigenvalue weighted by atomic mass is 9.91. The molecule has 0 saturated carbocycles. The molecule has 2 aliphatic heterocycles. The van der Waals surface area contributed by atoms with Crippen LogP contribution in [0.5, 0.6) is 0 Å². The van der Waals surface area contributed by atoms with Crippen LogP contribution in [0.4, 0.5) is 4.79 Å². The highest BCUT2D eigenvalue weighted by atomic mass is 28.4. The smallest absolute Gasteiger partial charge is 0.411 e. The first-order chi connectivity index (χ1) is 17.7. The maximum Gasteiger partial charge on any atom is 0.411 e. The van der Waals surface area contributed by atoms with Crippen molar-refractivity contribution in [2.75, 3.05) is 6.61 Å². The quantitative estimate of drug-likeness (QED) is 0.382. The molecule has 1 N–H and O–H groups in total. The molecule has 2 heterocycles. The molecular formula is C30H34N2O4Si. The molecule has 3 aromatic carbocycles. The summed E-state index contributed by atoms with van der Waals surface area (Å²) >= 11 is 0. The van der Waals surface area contributed by atoms with Crippen LogP contribution in [0.25, 0.3) is 0 Å². The van der Waals surface area contributed by atoms with Gasteiger partial charge in [-0.2, -0.15) is 0 Å². The van der Waals surface area contributed by atoms with E-state index in [4.69, 9.17) is 9.16 Å². The van der Waals surface area contributed by atoms with Crippen molar-refractivity contribution in [3.05, 3.63) is 96.6 Å². The van der Waals surface area contributed by atoms with Gasteiger partial charge in [-0.05, 0) is 27.9 Å². The van der Waals surface area contributed by atoms with Gasteiger partial charge in [-0.25, -0.2) is 4.79 Å². The molecule has 3 aromatic rings. The second kappa shape index (κ2) is 9.80. The van der Waals surface area contributed by atoms with Crippen LogP contribution in [-0.2, 0) is 14.0 Å². The third kappa shape index (κ3) is 4.36. The Bertz CT molecular complexity index is 1210. The molecule has 2 amide bonds. The lowest BCUT2D eigenvalue weighted by Crippen LogP contribution is -2.76. The van der Waals surface area contributed by atoms with Crippen LogP contribution in [0, 0.1) is 0 Å². The molecule has 2 fully saturated rings. The zero-order chi connectivity index (χ0) is 26.2. The number of cyclic esters (lactones) is 1. The third-order valence-electron chi connectivity index (χ3n) is 7.60. The number of nitrogens with one attached hydrogen (secondary N) is 1. The van der Waals surface area contributed by atoms with Crippen LogP contribution >= 0.6 is 0 Å². The van der Waals surface area contributed by atoms with Gasteiger partial charge in [0.25, 0.3) is 8.32 Å². The van der Waals surface area contributed by atoms with Gasteiger partial charge in [0, 0.05) is 0 Å². The van der Waals surface area contributed by atoms with Gasteiger partial charge in [-0.3, -0.25) is 9.69 Å². The number of rotatable bonds is 7. The van der Waals surface area contributed by atoms with Crippen molar-refractivity contribution in [2.24, 2.45) is 0 Å². The van der Waals surface area contributed by atoms with Gasteiger partial charge >= 0.3 is 6.09 Å². The molecule has 0 bridgehead atoms. The van der Waals surface area contributed by atoms with Gasteiger partial charge in [-0.15, -0.1) is 0 Å². The molecule has 0 unspecified atom stereocenters. The lowest BCUT2D eigenvalue weighted by molar-refractivity contribution is -0.139. The monoisotopic (exact) mass is 514 g/mol. The summed E-state index contributed by atoms with van der Waals surface area (Å²) in [4.78, 5) is 27.4. The molecule has 0 aliphatic carbocycles. The molecule has 6 nitrogen and oxygen atoms in total. The van der Waals surface area contributed by atoms with Crippen molar-refractivity contribution in [3.8, 4) is 0 Å². The minimum Gasteiger partial charge on any atom is -0.447 e. The van der Waals surface area contributed by atoms with Crippen molar-refractivity contribution >= 4 is 30.7 Å². The van der Waals surface area contributed by atoms with Gasteiger partial charge in [-0.1, -0.05) is 112 Å². The second-order valence-corrected chi connectivity index (χ2v) is 15.1. The number of β-lactam (4-membered cyclic amide) rings is 1. The maximum atomic E-state index is 13.0. The molecule has 2 saturated heterocycles. The van der Waals surface area contributed by atoms with E-state index in [1.54, 1.807) is 4.90 Å². The average molecular weight is 515 g/mol. The molecule has 4 atom stereocenters. The molecule has 7 heteroatoms. The third-order valence-corrected chi connectivity index (χ3v) is 12.7. The Hall–Kier alpha value is -3.42. The summed E-state index contributed by atoms with van der Waals surface area (Å²) in [5.74, 6) is -0.178. The molecule has 5 rings (SSSR count). The maximum absolute atomic E-state index is 13.0. The fourth-order valence-electron chi connectivity index (χ4n) is 5.78. The summed E-state index contributed by atoms with van der Waals surface area (Å²) in [7, 11) is -2.83. The summed E-state index contributed by atoms with van der Waals surface area (Å²) in [6.45, 7) is 8.92. The zero-order valence-electron chi connectivity index (χ0n) is 21.8. The highest BCUT2D eigenvalue weighted by molar-refractivity contribution is 6.99. The van der Waals surface area contributed by atoms with Gasteiger partial charge in [0.1, 0.15) is 12.6 Å². The Morgan fingerprint density at radius 3 is 1.89 bits per heavy atom. The Morgan fingerprint density at radius 1 is 0.892 bits per heavy atom. The standard InChI is InChI=1S/C30H34N2O4Si/c1-21(26-27(28(33)31-26)32-25(20-35-29(32)34)22-14-8-5-9-15-22)36-37(30(2,3)4,23-16-10-6-11-17-23)24-18-12-7-13-19-24/h5-19,21,25-27H,20H2,1-4H3,(H,31,33)/t21-,25+,26-,27-/m0/s1. The Labute approximate surface area is 219 Å². The van der Waals surface area contributed by atoms with Crippen LogP contribution in [0.15, 0.2) is 91.0 Å². The van der Waals surface area contributed by atoms with Crippen molar-refractivity contribution in [3.63, 3.8) is 0 Å². The Kier molecular flexibility index (Phi) is 6.68. The number of carbonyl (C=O) groups excluding carboxylic acids is 2. The molecule has 2 aliphatic rings. The van der Waals surface area contributed by atoms with Crippen LogP contribution in [0.2, 0.25) is 5.04 Å². The van der Waals surface area contributed by atoms with Gasteiger partial charge in [0.2, 0.25) is 5.91 Å². The zero-order valence-corrected chi connectivity index (χ0v) is 22.8. The van der Waals surface area contributed by atoms with Crippen molar-refractivity contribution in [2.45, 2.75) is 57.0 Å². The largest absolute Gasteiger partial charge is 0.447 e. The van der Waals surface area contributed by atoms with E-state index in [0.29, 0.717) is 0 Å². The topological polar surface area (TPSA) is 67.9 Å². The summed E-state index contributed by atoms with van der Waals surface area (Å²) in [6, 6.07) is 29.3. The second-order valence-electron chi connectivity index (χ2n) is 10.9. The number of nitrogens with zero attached hydrogens (tertiary/aromatic N) is 1. The minimum absolute atomic E-state index is 0.178. The Balaban J connectivity index is 1.51. The number of benzene rings is 3. The van der Waals surface area contributed by atoms with Crippen LogP contribution in [0.3, 0.4) is 0 Å². The number of hydrogen-bond acceptors (Lipinski definition) is 4. The fourth-order valence-corrected chi connectivity index (χ4v) is 10.5. The van der Waals surface area contributed by atoms with E-state index in [2.05, 4.69) is 74.6 Å². The van der Waals surface area contributed by atoms with E-state index >= 15 is 0 Å². The predicted molar refractivity (Wildman–Crippen MR) is 146 cm³/mol. The first-order valence-corrected chi connectivity index (χ1v) is 14.7. The van der Waals surface area contributed by atoms with Crippen molar-refractivity contribution < 1.29 is 18.8 Å². The number of ether oxygens (including phenoxy) is 1. The number of hydrogen-bond donors (Lipinski definition) is 1. The first kappa shape index (κ1) is 25.2. The summed E-state index contributed by atoms with van der Waals surface area (Å²) in [5, 5.41) is 5.19. The van der Waals surface area contributed by atoms with Crippen molar-refractivity contribution in [1.82, 2.24) is 10.2 Å². The van der Waals surface area contributed by atoms with Crippen LogP contribution in [0.1, 0.15) is 39.3 Å². The van der Waals surface area contributed by atoms with E-state index in [0.717, 1.165) is 5.56 Å². The summed E-state index contributed by atoms with van der Waals surface area (Å²) in [6.07, 6.45) is -0.810. The number of carbonyl (C=O) groups is 2. The van der Waals surface area contributed by atoms with E-state index in [9.17, 15) is 9.59 Å². The summed E-state index contributed by atoms with van der Waals surface area (Å²) in [5.41, 5.74) is 0.951. The van der Waals surface area contributed by atoms with E-state index in [1.165, 1.54) is 10.4 Å². The SMILES string of the molecule is C[C@H](O[Si](c1ccccc1)(c1ccccc1)C(C)(C)C)[C@@H]1NC(=O)[C@H]1N1C(=O)OC[C@@H]1c1ccccc1. The average Bonchev–Trinajstić information content (AvgIpc) is 3.26. The molecule has 0 spiro atoms. The molecular weight excluding hydrogens is 480 g/mol. The molecule has 0 radical (unpaired) electrons. The van der Waals surface area contributed by atoms with E-state index < -0.39 is 20.5 Å². The molecule has 0 aromatic heterocycles. The highest BCUT2D eigenvalue weighted by Gasteiger charge is 2.57. The van der Waals surface area contributed by atoms with Crippen LogP contribution in [-0.4, -0.2) is 50.0 Å². The van der Waals surface area contributed by atoms with Gasteiger partial charge in [0.15, 0.2) is 0 Å². The van der Waals surface area contributed by atoms with E-state index in [1.807, 2.05) is 49.4 Å². The van der Waals surface area contributed by atoms with Gasteiger partial charge in [0.05, 0.1) is 18.2 Å². The lowest BCUT2D eigenvalue weighted by Gasteiger charge is -2.50. The molecule has 37 heavy (non-hydrogen) atoms. The minimum atomic E-state index is -2.83. The van der Waals surface area contributed by atoms with Crippen molar-refractivity contribution in [1.29, 1.82) is 0 Å². The van der Waals surface area contributed by atoms with Gasteiger partial charge < -0.3 is 14.5 Å². The molecule has 192 valence electrons. The normalized spacial score (nSPS) is 22.7. The first-order valence-electron chi connectivity index (χ1n) is 12.8. The summed E-state index contributed by atoms with van der Waals surface area (Å²) < 4.78 is 12.7. The Morgan fingerprint density at radius 2 is 1.41 bits per heavy atom. The highest BCUT2D eigenvalue weighted by Crippen LogP contribution is 2.40. The predicted octanol–water partition coefficient (Wildman–Crippen LogP) is 4.01. The van der Waals surface area contributed by atoms with E-state index in [-0.39, 0.29) is 35.7 Å². The van der Waals surface area contributed by atoms with Crippen LogP contribution < -0.4 is 15.7 Å². The number of amides is 2.